The summed E-state index contributed by atoms with van der Waals surface area (Å²) in [6, 6.07) is 21.3. The van der Waals surface area contributed by atoms with Gasteiger partial charge in [0, 0.05) is 6.21 Å². The van der Waals surface area contributed by atoms with Gasteiger partial charge in [0.15, 0.2) is 4.77 Å². The number of aliphatic imine (C=N–C) groups is 1. The van der Waals surface area contributed by atoms with E-state index in [9.17, 15) is 9.90 Å². The SMILES string of the molecule is Cc1ccc(-n2c(O)c(C=Nc3ccc4c(c3)CCC4)c(=O)n(-c3ccc(C)cc3)c2=S)cc1. The summed E-state index contributed by atoms with van der Waals surface area (Å²) in [7, 11) is 0. The molecule has 0 aliphatic heterocycles. The summed E-state index contributed by atoms with van der Waals surface area (Å²) in [6.07, 6.45) is 4.74. The molecule has 0 saturated carbocycles. The van der Waals surface area contributed by atoms with E-state index in [2.05, 4.69) is 17.1 Å². The Morgan fingerprint density at radius 2 is 1.44 bits per heavy atom. The fourth-order valence-corrected chi connectivity index (χ4v) is 4.73. The number of aromatic hydroxyl groups is 1. The lowest BCUT2D eigenvalue weighted by molar-refractivity contribution is 0.430. The van der Waals surface area contributed by atoms with E-state index in [1.807, 2.05) is 68.4 Å². The minimum atomic E-state index is -0.417. The minimum Gasteiger partial charge on any atom is -0.494 e. The standard InChI is InChI=1S/C28H25N3O2S/c1-18-6-12-23(13-7-18)30-26(32)25(17-29-22-11-10-20-4-3-5-21(20)16-22)27(33)31(28(30)34)24-14-8-19(2)9-15-24/h6-17,32H,3-5H2,1-2H3. The van der Waals surface area contributed by atoms with Crippen molar-refractivity contribution in [3.05, 3.63) is 110 Å². The zero-order valence-corrected chi connectivity index (χ0v) is 20.0. The van der Waals surface area contributed by atoms with Crippen LogP contribution >= 0.6 is 12.2 Å². The lowest BCUT2D eigenvalue weighted by Crippen LogP contribution is -2.27. The second kappa shape index (κ2) is 8.88. The van der Waals surface area contributed by atoms with E-state index in [0.717, 1.165) is 36.1 Å². The highest BCUT2D eigenvalue weighted by Crippen LogP contribution is 2.27. The van der Waals surface area contributed by atoms with E-state index >= 15 is 0 Å². The van der Waals surface area contributed by atoms with E-state index in [0.29, 0.717) is 11.4 Å². The van der Waals surface area contributed by atoms with E-state index in [4.69, 9.17) is 12.2 Å². The minimum absolute atomic E-state index is 0.0789. The number of aromatic nitrogens is 2. The average Bonchev–Trinajstić information content (AvgIpc) is 3.29. The van der Waals surface area contributed by atoms with Gasteiger partial charge in [-0.3, -0.25) is 18.9 Å². The number of hydrogen-bond donors (Lipinski definition) is 1. The normalized spacial score (nSPS) is 12.9. The van der Waals surface area contributed by atoms with Gasteiger partial charge in [0.1, 0.15) is 5.56 Å². The van der Waals surface area contributed by atoms with Gasteiger partial charge in [0.2, 0.25) is 5.88 Å². The maximum Gasteiger partial charge on any atom is 0.271 e. The average molecular weight is 468 g/mol. The third-order valence-corrected chi connectivity index (χ3v) is 6.64. The summed E-state index contributed by atoms with van der Waals surface area (Å²) >= 11 is 5.71. The van der Waals surface area contributed by atoms with E-state index in [1.54, 1.807) is 0 Å². The molecule has 0 saturated heterocycles. The first-order valence-corrected chi connectivity index (χ1v) is 11.7. The molecule has 0 atom stereocenters. The lowest BCUT2D eigenvalue weighted by atomic mass is 10.1. The largest absolute Gasteiger partial charge is 0.494 e. The van der Waals surface area contributed by atoms with Crippen LogP contribution in [-0.4, -0.2) is 20.5 Å². The molecule has 6 heteroatoms. The highest BCUT2D eigenvalue weighted by molar-refractivity contribution is 7.71. The van der Waals surface area contributed by atoms with Crippen molar-refractivity contribution in [1.82, 2.24) is 9.13 Å². The van der Waals surface area contributed by atoms with Gasteiger partial charge in [-0.25, -0.2) is 0 Å². The lowest BCUT2D eigenvalue weighted by Gasteiger charge is -2.16. The molecule has 0 bridgehead atoms. The molecule has 0 radical (unpaired) electrons. The van der Waals surface area contributed by atoms with Gasteiger partial charge in [0.05, 0.1) is 17.1 Å². The smallest absolute Gasteiger partial charge is 0.271 e. The van der Waals surface area contributed by atoms with Gasteiger partial charge < -0.3 is 5.11 Å². The van der Waals surface area contributed by atoms with Gasteiger partial charge in [-0.15, -0.1) is 0 Å². The highest BCUT2D eigenvalue weighted by Gasteiger charge is 2.18. The van der Waals surface area contributed by atoms with Crippen LogP contribution in [0.1, 0.15) is 34.2 Å². The predicted octanol–water partition coefficient (Wildman–Crippen LogP) is 5.92. The number of benzene rings is 3. The Hall–Kier alpha value is -3.77. The first-order valence-electron chi connectivity index (χ1n) is 11.3. The number of nitrogens with zero attached hydrogens (tertiary/aromatic N) is 3. The zero-order valence-electron chi connectivity index (χ0n) is 19.2. The van der Waals surface area contributed by atoms with Crippen molar-refractivity contribution in [2.24, 2.45) is 4.99 Å². The number of aryl methyl sites for hydroxylation is 4. The van der Waals surface area contributed by atoms with Crippen molar-refractivity contribution < 1.29 is 5.11 Å². The first-order chi connectivity index (χ1) is 16.4. The molecule has 0 unspecified atom stereocenters. The third kappa shape index (κ3) is 4.01. The highest BCUT2D eigenvalue weighted by atomic mass is 32.1. The molecule has 0 spiro atoms. The summed E-state index contributed by atoms with van der Waals surface area (Å²) < 4.78 is 3.14. The van der Waals surface area contributed by atoms with Crippen molar-refractivity contribution in [3.8, 4) is 17.3 Å². The Kier molecular flexibility index (Phi) is 5.75. The molecule has 5 rings (SSSR count). The third-order valence-electron chi connectivity index (χ3n) is 6.28. The van der Waals surface area contributed by atoms with E-state index in [-0.39, 0.29) is 16.2 Å². The van der Waals surface area contributed by atoms with Gasteiger partial charge in [-0.2, -0.15) is 0 Å². The summed E-state index contributed by atoms with van der Waals surface area (Å²) in [5.74, 6) is -0.230. The van der Waals surface area contributed by atoms with Crippen LogP contribution in [0, 0.1) is 18.6 Å². The predicted molar refractivity (Wildman–Crippen MR) is 139 cm³/mol. The second-order valence-electron chi connectivity index (χ2n) is 8.73. The van der Waals surface area contributed by atoms with Crippen LogP contribution in [-0.2, 0) is 12.8 Å². The van der Waals surface area contributed by atoms with Gasteiger partial charge in [-0.05, 0) is 92.9 Å². The maximum atomic E-state index is 13.6. The van der Waals surface area contributed by atoms with Crippen LogP contribution in [0.5, 0.6) is 5.88 Å². The Morgan fingerprint density at radius 3 is 2.09 bits per heavy atom. The molecular formula is C28H25N3O2S. The summed E-state index contributed by atoms with van der Waals surface area (Å²) in [6.45, 7) is 3.98. The van der Waals surface area contributed by atoms with Crippen molar-refractivity contribution in [1.29, 1.82) is 0 Å². The Bertz CT molecular complexity index is 1530. The molecule has 34 heavy (non-hydrogen) atoms. The molecule has 1 aliphatic rings. The molecule has 1 aliphatic carbocycles. The van der Waals surface area contributed by atoms with Crippen LogP contribution in [0.3, 0.4) is 0 Å². The topological polar surface area (TPSA) is 59.5 Å². The van der Waals surface area contributed by atoms with Gasteiger partial charge in [0.25, 0.3) is 5.56 Å². The maximum absolute atomic E-state index is 13.6. The molecule has 5 nitrogen and oxygen atoms in total. The van der Waals surface area contributed by atoms with Gasteiger partial charge in [-0.1, -0.05) is 41.5 Å². The molecule has 3 aromatic carbocycles. The molecule has 1 N–H and O–H groups in total. The molecule has 1 aromatic heterocycles. The van der Waals surface area contributed by atoms with Crippen molar-refractivity contribution in [3.63, 3.8) is 0 Å². The van der Waals surface area contributed by atoms with Crippen LogP contribution in [0.25, 0.3) is 11.4 Å². The van der Waals surface area contributed by atoms with Crippen molar-refractivity contribution in [2.45, 2.75) is 33.1 Å². The van der Waals surface area contributed by atoms with Crippen molar-refractivity contribution in [2.75, 3.05) is 0 Å². The van der Waals surface area contributed by atoms with Crippen molar-refractivity contribution >= 4 is 24.1 Å². The first kappa shape index (κ1) is 22.0. The fraction of sp³-hybridized carbons (Fsp3) is 0.179. The zero-order chi connectivity index (χ0) is 23.8. The second-order valence-corrected chi connectivity index (χ2v) is 9.10. The van der Waals surface area contributed by atoms with Crippen LogP contribution < -0.4 is 5.56 Å². The molecular weight excluding hydrogens is 442 g/mol. The van der Waals surface area contributed by atoms with E-state index in [1.165, 1.54) is 26.5 Å². The monoisotopic (exact) mass is 467 g/mol. The van der Waals surface area contributed by atoms with Crippen LogP contribution in [0.4, 0.5) is 5.69 Å². The number of rotatable bonds is 4. The summed E-state index contributed by atoms with van der Waals surface area (Å²) in [4.78, 5) is 18.1. The molecule has 0 fully saturated rings. The molecule has 4 aromatic rings. The summed E-state index contributed by atoms with van der Waals surface area (Å²) in [5.41, 5.74) is 6.53. The fourth-order valence-electron chi connectivity index (χ4n) is 4.35. The Morgan fingerprint density at radius 1 is 0.853 bits per heavy atom. The summed E-state index contributed by atoms with van der Waals surface area (Å²) in [5, 5.41) is 11.2. The Labute approximate surface area is 203 Å². The number of hydrogen-bond acceptors (Lipinski definition) is 4. The van der Waals surface area contributed by atoms with Crippen LogP contribution in [0.15, 0.2) is 76.5 Å². The van der Waals surface area contributed by atoms with E-state index < -0.39 is 5.56 Å². The molecule has 170 valence electrons. The molecule has 1 heterocycles. The molecule has 0 amide bonds. The van der Waals surface area contributed by atoms with Gasteiger partial charge >= 0.3 is 0 Å². The number of fused-ring (bicyclic) bond motifs is 1. The van der Waals surface area contributed by atoms with Crippen LogP contribution in [0.2, 0.25) is 0 Å². The quantitative estimate of drug-likeness (QED) is 0.299. The Balaban J connectivity index is 1.72.